The first kappa shape index (κ1) is 19.6. The number of methoxy groups -OCH3 is 1. The van der Waals surface area contributed by atoms with E-state index in [1.165, 1.54) is 0 Å². The van der Waals surface area contributed by atoms with E-state index in [1.54, 1.807) is 42.6 Å². The van der Waals surface area contributed by atoms with Gasteiger partial charge in [-0.25, -0.2) is 4.98 Å². The lowest BCUT2D eigenvalue weighted by atomic mass is 10.2. The normalized spacial score (nSPS) is 11.0. The van der Waals surface area contributed by atoms with E-state index in [-0.39, 0.29) is 0 Å². The Bertz CT molecular complexity index is 1080. The maximum atomic E-state index is 5.46. The Morgan fingerprint density at radius 3 is 2.72 bits per heavy atom. The van der Waals surface area contributed by atoms with E-state index in [0.717, 1.165) is 57.3 Å². The summed E-state index contributed by atoms with van der Waals surface area (Å²) in [4.78, 5) is 8.89. The van der Waals surface area contributed by atoms with Crippen LogP contribution in [0.3, 0.4) is 0 Å². The molecule has 0 amide bonds. The van der Waals surface area contributed by atoms with Gasteiger partial charge in [0, 0.05) is 35.6 Å². The number of thiazole rings is 1. The molecule has 0 aliphatic heterocycles. The lowest BCUT2D eigenvalue weighted by molar-refractivity contribution is 0.416. The quantitative estimate of drug-likeness (QED) is 0.364. The van der Waals surface area contributed by atoms with E-state index >= 15 is 0 Å². The van der Waals surface area contributed by atoms with Crippen molar-refractivity contribution in [3.8, 4) is 27.7 Å². The van der Waals surface area contributed by atoms with Crippen LogP contribution in [0.1, 0.15) is 19.0 Å². The molecule has 1 aromatic carbocycles. The van der Waals surface area contributed by atoms with Crippen LogP contribution in [-0.4, -0.2) is 31.8 Å². The fourth-order valence-electron chi connectivity index (χ4n) is 2.99. The molecule has 148 valence electrons. The Labute approximate surface area is 178 Å². The van der Waals surface area contributed by atoms with E-state index in [2.05, 4.69) is 32.1 Å². The van der Waals surface area contributed by atoms with Gasteiger partial charge in [0.25, 0.3) is 0 Å². The number of rotatable bonds is 8. The van der Waals surface area contributed by atoms with Crippen LogP contribution in [0, 0.1) is 0 Å². The zero-order valence-corrected chi connectivity index (χ0v) is 17.9. The third kappa shape index (κ3) is 4.33. The van der Waals surface area contributed by atoms with Gasteiger partial charge in [-0.05, 0) is 30.7 Å². The molecule has 6 nitrogen and oxygen atoms in total. The van der Waals surface area contributed by atoms with Crippen molar-refractivity contribution in [3.05, 3.63) is 59.9 Å². The molecule has 29 heavy (non-hydrogen) atoms. The average Bonchev–Trinajstić information content (AvgIpc) is 3.40. The molecule has 0 radical (unpaired) electrons. The number of para-hydroxylation sites is 1. The Morgan fingerprint density at radius 2 is 1.93 bits per heavy atom. The number of nitrogens with zero attached hydrogens (tertiary/aromatic N) is 5. The van der Waals surface area contributed by atoms with Gasteiger partial charge in [-0.15, -0.1) is 21.5 Å². The van der Waals surface area contributed by atoms with Crippen molar-refractivity contribution in [2.45, 2.75) is 30.8 Å². The molecule has 8 heteroatoms. The minimum absolute atomic E-state index is 0.740. The molecule has 0 atom stereocenters. The molecule has 3 heterocycles. The van der Waals surface area contributed by atoms with Crippen molar-refractivity contribution in [2.75, 3.05) is 7.11 Å². The first-order valence-electron chi connectivity index (χ1n) is 9.34. The SMILES string of the molecule is CCCn1c(SCc2csc(-c3ccccc3OC)n2)nnc1-c1ccncc1. The number of benzene rings is 1. The summed E-state index contributed by atoms with van der Waals surface area (Å²) < 4.78 is 7.64. The van der Waals surface area contributed by atoms with Crippen LogP contribution < -0.4 is 4.74 Å². The second-order valence-electron chi connectivity index (χ2n) is 6.33. The van der Waals surface area contributed by atoms with Crippen LogP contribution in [-0.2, 0) is 12.3 Å². The third-order valence-electron chi connectivity index (χ3n) is 4.34. The van der Waals surface area contributed by atoms with E-state index < -0.39 is 0 Å². The van der Waals surface area contributed by atoms with Crippen molar-refractivity contribution in [1.29, 1.82) is 0 Å². The van der Waals surface area contributed by atoms with E-state index in [9.17, 15) is 0 Å². The van der Waals surface area contributed by atoms with E-state index in [1.807, 2.05) is 36.4 Å². The van der Waals surface area contributed by atoms with Crippen LogP contribution >= 0.6 is 23.1 Å². The highest BCUT2D eigenvalue weighted by atomic mass is 32.2. The monoisotopic (exact) mass is 423 g/mol. The minimum Gasteiger partial charge on any atom is -0.496 e. The Morgan fingerprint density at radius 1 is 1.10 bits per heavy atom. The number of hydrogen-bond acceptors (Lipinski definition) is 7. The maximum Gasteiger partial charge on any atom is 0.191 e. The highest BCUT2D eigenvalue weighted by Crippen LogP contribution is 2.33. The summed E-state index contributed by atoms with van der Waals surface area (Å²) in [5.41, 5.74) is 3.07. The van der Waals surface area contributed by atoms with Crippen LogP contribution in [0.15, 0.2) is 59.3 Å². The lowest BCUT2D eigenvalue weighted by Gasteiger charge is -2.08. The largest absolute Gasteiger partial charge is 0.496 e. The molecule has 0 fully saturated rings. The standard InChI is InChI=1S/C21H21N5OS2/c1-3-12-26-19(15-8-10-22-11-9-15)24-25-21(26)29-14-16-13-28-20(23-16)17-6-4-5-7-18(17)27-2/h4-11,13H,3,12,14H2,1-2H3. The second-order valence-corrected chi connectivity index (χ2v) is 8.13. The second kappa shape index (κ2) is 9.19. The Kier molecular flexibility index (Phi) is 6.21. The zero-order valence-electron chi connectivity index (χ0n) is 16.3. The molecule has 0 saturated carbocycles. The molecule has 0 saturated heterocycles. The van der Waals surface area contributed by atoms with Gasteiger partial charge in [0.15, 0.2) is 11.0 Å². The summed E-state index contributed by atoms with van der Waals surface area (Å²) in [6, 6.07) is 11.9. The molecule has 4 aromatic rings. The smallest absolute Gasteiger partial charge is 0.191 e. The maximum absolute atomic E-state index is 5.46. The van der Waals surface area contributed by atoms with Crippen molar-refractivity contribution in [1.82, 2.24) is 24.7 Å². The highest BCUT2D eigenvalue weighted by Gasteiger charge is 2.15. The van der Waals surface area contributed by atoms with Crippen molar-refractivity contribution >= 4 is 23.1 Å². The first-order valence-corrected chi connectivity index (χ1v) is 11.2. The number of pyridine rings is 1. The van der Waals surface area contributed by atoms with Gasteiger partial charge >= 0.3 is 0 Å². The number of aromatic nitrogens is 5. The Balaban J connectivity index is 1.53. The summed E-state index contributed by atoms with van der Waals surface area (Å²) in [7, 11) is 1.68. The van der Waals surface area contributed by atoms with Gasteiger partial charge in [0.1, 0.15) is 10.8 Å². The fraction of sp³-hybridized carbons (Fsp3) is 0.238. The average molecular weight is 424 g/mol. The predicted molar refractivity (Wildman–Crippen MR) is 117 cm³/mol. The molecular formula is C21H21N5OS2. The van der Waals surface area contributed by atoms with Crippen LogP contribution in [0.4, 0.5) is 0 Å². The Hall–Kier alpha value is -2.71. The number of ether oxygens (including phenoxy) is 1. The molecule has 3 aromatic heterocycles. The lowest BCUT2D eigenvalue weighted by Crippen LogP contribution is -2.02. The summed E-state index contributed by atoms with van der Waals surface area (Å²) >= 11 is 3.29. The molecule has 0 N–H and O–H groups in total. The minimum atomic E-state index is 0.740. The van der Waals surface area contributed by atoms with E-state index in [4.69, 9.17) is 9.72 Å². The summed E-state index contributed by atoms with van der Waals surface area (Å²) in [6.07, 6.45) is 4.57. The van der Waals surface area contributed by atoms with Gasteiger partial charge in [0.2, 0.25) is 0 Å². The van der Waals surface area contributed by atoms with Crippen molar-refractivity contribution in [2.24, 2.45) is 0 Å². The molecule has 0 spiro atoms. The van der Waals surface area contributed by atoms with Crippen LogP contribution in [0.2, 0.25) is 0 Å². The van der Waals surface area contributed by atoms with Crippen molar-refractivity contribution in [3.63, 3.8) is 0 Å². The molecule has 0 aliphatic rings. The predicted octanol–water partition coefficient (Wildman–Crippen LogP) is 5.17. The van der Waals surface area contributed by atoms with Gasteiger partial charge in [-0.2, -0.15) is 0 Å². The summed E-state index contributed by atoms with van der Waals surface area (Å²) in [6.45, 7) is 3.03. The van der Waals surface area contributed by atoms with Crippen molar-refractivity contribution < 1.29 is 4.74 Å². The number of hydrogen-bond donors (Lipinski definition) is 0. The zero-order chi connectivity index (χ0) is 20.1. The summed E-state index contributed by atoms with van der Waals surface area (Å²) in [5.74, 6) is 2.46. The van der Waals surface area contributed by atoms with Crippen LogP contribution in [0.5, 0.6) is 5.75 Å². The van der Waals surface area contributed by atoms with Gasteiger partial charge < -0.3 is 9.30 Å². The molecule has 0 unspecified atom stereocenters. The molecular weight excluding hydrogens is 402 g/mol. The van der Waals surface area contributed by atoms with Gasteiger partial charge in [-0.1, -0.05) is 30.8 Å². The molecule has 0 bridgehead atoms. The fourth-order valence-corrected chi connectivity index (χ4v) is 4.80. The summed E-state index contributed by atoms with van der Waals surface area (Å²) in [5, 5.41) is 12.8. The highest BCUT2D eigenvalue weighted by molar-refractivity contribution is 7.98. The van der Waals surface area contributed by atoms with E-state index in [0.29, 0.717) is 0 Å². The molecule has 4 rings (SSSR count). The molecule has 0 aliphatic carbocycles. The van der Waals surface area contributed by atoms with Gasteiger partial charge in [0.05, 0.1) is 18.4 Å². The number of thioether (sulfide) groups is 1. The first-order chi connectivity index (χ1) is 14.3. The van der Waals surface area contributed by atoms with Gasteiger partial charge in [-0.3, -0.25) is 4.98 Å². The topological polar surface area (TPSA) is 65.7 Å². The third-order valence-corrected chi connectivity index (χ3v) is 6.27. The van der Waals surface area contributed by atoms with Crippen LogP contribution in [0.25, 0.3) is 22.0 Å².